The van der Waals surface area contributed by atoms with E-state index in [-0.39, 0.29) is 11.3 Å². The Morgan fingerprint density at radius 2 is 2.05 bits per heavy atom. The predicted molar refractivity (Wildman–Crippen MR) is 86.6 cm³/mol. The van der Waals surface area contributed by atoms with Crippen molar-refractivity contribution in [1.82, 2.24) is 19.2 Å². The molecule has 1 aliphatic heterocycles. The lowest BCUT2D eigenvalue weighted by Crippen LogP contribution is -2.48. The third kappa shape index (κ3) is 3.07. The number of thiophene rings is 1. The third-order valence-corrected chi connectivity index (χ3v) is 6.61. The summed E-state index contributed by atoms with van der Waals surface area (Å²) >= 11 is 1.38. The number of aromatic nitrogens is 2. The molecule has 0 saturated carbocycles. The fourth-order valence-corrected chi connectivity index (χ4v) is 4.37. The maximum absolute atomic E-state index is 11.9. The Hall–Kier alpha value is -1.29. The van der Waals surface area contributed by atoms with E-state index in [0.29, 0.717) is 43.2 Å². The van der Waals surface area contributed by atoms with Crippen LogP contribution in [0.4, 0.5) is 0 Å². The molecule has 3 heterocycles. The number of sulfonamides is 1. The first kappa shape index (κ1) is 15.6. The van der Waals surface area contributed by atoms with Gasteiger partial charge in [-0.3, -0.25) is 9.69 Å². The topological polar surface area (TPSA) is 86.4 Å². The molecule has 0 aliphatic carbocycles. The van der Waals surface area contributed by atoms with Crippen LogP contribution in [0.15, 0.2) is 16.2 Å². The van der Waals surface area contributed by atoms with Crippen molar-refractivity contribution >= 4 is 31.6 Å². The normalized spacial score (nSPS) is 18.0. The van der Waals surface area contributed by atoms with Crippen LogP contribution < -0.4 is 5.56 Å². The molecule has 1 fully saturated rings. The minimum atomic E-state index is -3.11. The molecule has 1 saturated heterocycles. The molecule has 0 radical (unpaired) electrons. The predicted octanol–water partition coefficient (Wildman–Crippen LogP) is 0.452. The van der Waals surface area contributed by atoms with Crippen LogP contribution in [0.2, 0.25) is 0 Å². The van der Waals surface area contributed by atoms with E-state index in [1.165, 1.54) is 15.6 Å². The second kappa shape index (κ2) is 6.07. The Morgan fingerprint density at radius 1 is 1.32 bits per heavy atom. The van der Waals surface area contributed by atoms with E-state index in [0.717, 1.165) is 5.52 Å². The zero-order valence-corrected chi connectivity index (χ0v) is 13.9. The Morgan fingerprint density at radius 3 is 2.73 bits per heavy atom. The first-order chi connectivity index (χ1) is 10.5. The van der Waals surface area contributed by atoms with Gasteiger partial charge in [-0.25, -0.2) is 13.4 Å². The Labute approximate surface area is 132 Å². The number of nitrogens with one attached hydrogen (secondary N) is 1. The lowest BCUT2D eigenvalue weighted by Gasteiger charge is -2.33. The molecule has 0 unspecified atom stereocenters. The Balaban J connectivity index is 1.68. The van der Waals surface area contributed by atoms with E-state index in [1.54, 1.807) is 6.92 Å². The lowest BCUT2D eigenvalue weighted by atomic mass is 10.3. The molecule has 120 valence electrons. The fourth-order valence-electron chi connectivity index (χ4n) is 2.56. The number of hydrogen-bond donors (Lipinski definition) is 1. The molecular weight excluding hydrogens is 324 g/mol. The smallest absolute Gasteiger partial charge is 0.268 e. The number of nitrogens with zero attached hydrogens (tertiary/aromatic N) is 3. The monoisotopic (exact) mass is 342 g/mol. The second-order valence-corrected chi connectivity index (χ2v) is 8.40. The minimum absolute atomic E-state index is 0.109. The second-order valence-electron chi connectivity index (χ2n) is 5.22. The average molecular weight is 342 g/mol. The van der Waals surface area contributed by atoms with Crippen molar-refractivity contribution in [1.29, 1.82) is 0 Å². The summed E-state index contributed by atoms with van der Waals surface area (Å²) in [5, 5.41) is 1.85. The largest absolute Gasteiger partial charge is 0.308 e. The van der Waals surface area contributed by atoms with Crippen LogP contribution in [0.25, 0.3) is 10.2 Å². The molecular formula is C13H18N4O3S2. The number of hydrogen-bond acceptors (Lipinski definition) is 6. The highest BCUT2D eigenvalue weighted by atomic mass is 32.2. The number of fused-ring (bicyclic) bond motifs is 1. The van der Waals surface area contributed by atoms with Gasteiger partial charge in [-0.2, -0.15) is 4.31 Å². The molecule has 2 aromatic rings. The molecule has 2 aromatic heterocycles. The maximum atomic E-state index is 11.9. The van der Waals surface area contributed by atoms with Crippen molar-refractivity contribution < 1.29 is 8.42 Å². The van der Waals surface area contributed by atoms with Gasteiger partial charge in [-0.1, -0.05) is 0 Å². The van der Waals surface area contributed by atoms with E-state index in [9.17, 15) is 13.2 Å². The Kier molecular flexibility index (Phi) is 4.31. The molecule has 1 aliphatic rings. The van der Waals surface area contributed by atoms with E-state index in [1.807, 2.05) is 11.4 Å². The summed E-state index contributed by atoms with van der Waals surface area (Å²) in [7, 11) is -3.11. The SMILES string of the molecule is CCS(=O)(=O)N1CCN(Cc2nc3ccsc3c(=O)[nH]2)CC1. The van der Waals surface area contributed by atoms with Gasteiger partial charge in [0.15, 0.2) is 0 Å². The summed E-state index contributed by atoms with van der Waals surface area (Å²) in [6, 6.07) is 1.84. The van der Waals surface area contributed by atoms with Gasteiger partial charge in [-0.15, -0.1) is 11.3 Å². The highest BCUT2D eigenvalue weighted by Crippen LogP contribution is 2.15. The van der Waals surface area contributed by atoms with Crippen LogP contribution in [-0.2, 0) is 16.6 Å². The molecule has 0 bridgehead atoms. The quantitative estimate of drug-likeness (QED) is 0.872. The number of rotatable bonds is 4. The van der Waals surface area contributed by atoms with Gasteiger partial charge in [0.25, 0.3) is 5.56 Å². The zero-order chi connectivity index (χ0) is 15.7. The molecule has 22 heavy (non-hydrogen) atoms. The van der Waals surface area contributed by atoms with Gasteiger partial charge in [0, 0.05) is 26.2 Å². The molecule has 0 spiro atoms. The summed E-state index contributed by atoms with van der Waals surface area (Å²) in [4.78, 5) is 21.3. The summed E-state index contributed by atoms with van der Waals surface area (Å²) in [6.45, 7) is 4.45. The first-order valence-electron chi connectivity index (χ1n) is 7.16. The van der Waals surface area contributed by atoms with Gasteiger partial charge >= 0.3 is 0 Å². The van der Waals surface area contributed by atoms with Gasteiger partial charge in [0.05, 0.1) is 17.8 Å². The van der Waals surface area contributed by atoms with E-state index >= 15 is 0 Å². The number of aromatic amines is 1. The molecule has 9 heteroatoms. The zero-order valence-electron chi connectivity index (χ0n) is 12.3. The van der Waals surface area contributed by atoms with Crippen LogP contribution in [0, 0.1) is 0 Å². The molecule has 0 amide bonds. The standard InChI is InChI=1S/C13H18N4O3S2/c1-2-22(19,20)17-6-4-16(5-7-17)9-11-14-10-3-8-21-12(10)13(18)15-11/h3,8H,2,4-7,9H2,1H3,(H,14,15,18). The fraction of sp³-hybridized carbons (Fsp3) is 0.538. The van der Waals surface area contributed by atoms with Gasteiger partial charge in [0.1, 0.15) is 10.5 Å². The van der Waals surface area contributed by atoms with Crippen molar-refractivity contribution in [3.63, 3.8) is 0 Å². The van der Waals surface area contributed by atoms with Crippen molar-refractivity contribution in [3.8, 4) is 0 Å². The van der Waals surface area contributed by atoms with Gasteiger partial charge in [0.2, 0.25) is 10.0 Å². The molecule has 1 N–H and O–H groups in total. The molecule has 7 nitrogen and oxygen atoms in total. The molecule has 0 aromatic carbocycles. The number of H-pyrrole nitrogens is 1. The van der Waals surface area contributed by atoms with Crippen molar-refractivity contribution in [3.05, 3.63) is 27.6 Å². The third-order valence-electron chi connectivity index (χ3n) is 3.83. The van der Waals surface area contributed by atoms with E-state index < -0.39 is 10.0 Å². The van der Waals surface area contributed by atoms with Crippen molar-refractivity contribution in [2.24, 2.45) is 0 Å². The summed E-state index contributed by atoms with van der Waals surface area (Å²) < 4.78 is 25.8. The number of piperazine rings is 1. The average Bonchev–Trinajstić information content (AvgIpc) is 2.97. The van der Waals surface area contributed by atoms with Crippen LogP contribution in [0.1, 0.15) is 12.7 Å². The van der Waals surface area contributed by atoms with Gasteiger partial charge in [-0.05, 0) is 18.4 Å². The highest BCUT2D eigenvalue weighted by Gasteiger charge is 2.25. The van der Waals surface area contributed by atoms with Crippen LogP contribution in [-0.4, -0.2) is 59.5 Å². The summed E-state index contributed by atoms with van der Waals surface area (Å²) in [5.74, 6) is 0.763. The van der Waals surface area contributed by atoms with Crippen LogP contribution in [0.5, 0.6) is 0 Å². The first-order valence-corrected chi connectivity index (χ1v) is 9.65. The van der Waals surface area contributed by atoms with E-state index in [4.69, 9.17) is 0 Å². The van der Waals surface area contributed by atoms with Crippen molar-refractivity contribution in [2.75, 3.05) is 31.9 Å². The maximum Gasteiger partial charge on any atom is 0.268 e. The Bertz CT molecular complexity index is 819. The minimum Gasteiger partial charge on any atom is -0.308 e. The van der Waals surface area contributed by atoms with Crippen LogP contribution in [0.3, 0.4) is 0 Å². The summed E-state index contributed by atoms with van der Waals surface area (Å²) in [5.41, 5.74) is 0.609. The summed E-state index contributed by atoms with van der Waals surface area (Å²) in [6.07, 6.45) is 0. The van der Waals surface area contributed by atoms with Gasteiger partial charge < -0.3 is 4.98 Å². The van der Waals surface area contributed by atoms with Crippen molar-refractivity contribution in [2.45, 2.75) is 13.5 Å². The molecule has 0 atom stereocenters. The highest BCUT2D eigenvalue weighted by molar-refractivity contribution is 7.89. The molecule has 3 rings (SSSR count). The lowest BCUT2D eigenvalue weighted by molar-refractivity contribution is 0.178. The van der Waals surface area contributed by atoms with E-state index in [2.05, 4.69) is 14.9 Å². The van der Waals surface area contributed by atoms with Crippen LogP contribution >= 0.6 is 11.3 Å².